The van der Waals surface area contributed by atoms with Crippen LogP contribution in [0, 0.1) is 0 Å². The van der Waals surface area contributed by atoms with E-state index in [1.165, 1.54) is 44.9 Å². The molecule has 0 atom stereocenters. The van der Waals surface area contributed by atoms with E-state index in [0.717, 1.165) is 12.8 Å². The Labute approximate surface area is 93.3 Å². The zero-order chi connectivity index (χ0) is 11.4. The molecule has 0 aromatic carbocycles. The fraction of sp³-hybridized carbons (Fsp3) is 0.917. The van der Waals surface area contributed by atoms with Gasteiger partial charge in [-0.2, -0.15) is 5.90 Å². The zero-order valence-electron chi connectivity index (χ0n) is 9.96. The molecular weight excluding hydrogens is 190 g/mol. The second kappa shape index (κ2) is 11.5. The van der Waals surface area contributed by atoms with Gasteiger partial charge < -0.3 is 4.84 Å². The smallest absolute Gasteiger partial charge is 0.324 e. The summed E-state index contributed by atoms with van der Waals surface area (Å²) in [5.41, 5.74) is 0. The first-order valence-corrected chi connectivity index (χ1v) is 6.20. The highest BCUT2D eigenvalue weighted by Crippen LogP contribution is 2.10. The summed E-state index contributed by atoms with van der Waals surface area (Å²) >= 11 is 0. The average molecular weight is 215 g/mol. The lowest BCUT2D eigenvalue weighted by Gasteiger charge is -2.01. The van der Waals surface area contributed by atoms with Gasteiger partial charge in [0.15, 0.2) is 0 Å². The van der Waals surface area contributed by atoms with Crippen LogP contribution in [0.1, 0.15) is 71.1 Å². The van der Waals surface area contributed by atoms with E-state index in [1.54, 1.807) is 0 Å². The van der Waals surface area contributed by atoms with Gasteiger partial charge in [0.05, 0.1) is 0 Å². The lowest BCUT2D eigenvalue weighted by atomic mass is 10.1. The van der Waals surface area contributed by atoms with E-state index in [-0.39, 0.29) is 5.97 Å². The van der Waals surface area contributed by atoms with E-state index in [2.05, 4.69) is 11.8 Å². The normalized spacial score (nSPS) is 10.3. The van der Waals surface area contributed by atoms with Crippen LogP contribution in [0.4, 0.5) is 0 Å². The van der Waals surface area contributed by atoms with Crippen LogP contribution in [-0.4, -0.2) is 5.97 Å². The fourth-order valence-corrected chi connectivity index (χ4v) is 1.64. The average Bonchev–Trinajstić information content (AvgIpc) is 2.26. The highest BCUT2D eigenvalue weighted by molar-refractivity contribution is 5.68. The summed E-state index contributed by atoms with van der Waals surface area (Å²) in [5.74, 6) is 4.44. The zero-order valence-corrected chi connectivity index (χ0v) is 9.96. The lowest BCUT2D eigenvalue weighted by molar-refractivity contribution is -0.144. The molecule has 0 aliphatic rings. The molecule has 0 rings (SSSR count). The van der Waals surface area contributed by atoms with Crippen LogP contribution in [0.15, 0.2) is 0 Å². The minimum Gasteiger partial charge on any atom is -0.373 e. The molecule has 3 nitrogen and oxygen atoms in total. The van der Waals surface area contributed by atoms with Gasteiger partial charge in [-0.25, -0.2) is 0 Å². The highest BCUT2D eigenvalue weighted by atomic mass is 16.7. The molecule has 0 radical (unpaired) electrons. The number of nitrogens with two attached hydrogens (primary N) is 1. The molecule has 2 N–H and O–H groups in total. The largest absolute Gasteiger partial charge is 0.373 e. The molecule has 0 spiro atoms. The molecule has 0 fully saturated rings. The van der Waals surface area contributed by atoms with Gasteiger partial charge in [-0.15, -0.1) is 0 Å². The van der Waals surface area contributed by atoms with E-state index >= 15 is 0 Å². The molecule has 0 aromatic heterocycles. The van der Waals surface area contributed by atoms with E-state index in [1.807, 2.05) is 0 Å². The molecule has 90 valence electrons. The maximum absolute atomic E-state index is 10.7. The van der Waals surface area contributed by atoms with Gasteiger partial charge in [0.2, 0.25) is 0 Å². The number of rotatable bonds is 10. The van der Waals surface area contributed by atoms with Gasteiger partial charge in [-0.3, -0.25) is 4.79 Å². The van der Waals surface area contributed by atoms with Gasteiger partial charge in [-0.05, 0) is 6.42 Å². The van der Waals surface area contributed by atoms with Crippen LogP contribution in [0.3, 0.4) is 0 Å². The van der Waals surface area contributed by atoms with Gasteiger partial charge in [0.1, 0.15) is 0 Å². The number of carbonyl (C=O) groups is 1. The molecule has 3 heteroatoms. The summed E-state index contributed by atoms with van der Waals surface area (Å²) in [7, 11) is 0. The maximum atomic E-state index is 10.7. The van der Waals surface area contributed by atoms with Crippen LogP contribution < -0.4 is 5.90 Å². The standard InChI is InChI=1S/C12H25NO2/c1-2-3-4-5-6-7-8-9-10-11-12(14)15-13/h2-11,13H2,1H3. The number of hydrogen-bond donors (Lipinski definition) is 1. The Bertz CT molecular complexity index is 149. The van der Waals surface area contributed by atoms with Crippen molar-refractivity contribution in [1.82, 2.24) is 0 Å². The van der Waals surface area contributed by atoms with Crippen molar-refractivity contribution in [1.29, 1.82) is 0 Å². The van der Waals surface area contributed by atoms with Crippen LogP contribution >= 0.6 is 0 Å². The Kier molecular flexibility index (Phi) is 11.1. The second-order valence-corrected chi connectivity index (χ2v) is 4.07. The van der Waals surface area contributed by atoms with Gasteiger partial charge in [-0.1, -0.05) is 58.3 Å². The fourth-order valence-electron chi connectivity index (χ4n) is 1.64. The summed E-state index contributed by atoms with van der Waals surface area (Å²) in [6.07, 6.45) is 11.7. The first-order valence-electron chi connectivity index (χ1n) is 6.20. The van der Waals surface area contributed by atoms with E-state index in [4.69, 9.17) is 5.90 Å². The molecule has 0 unspecified atom stereocenters. The predicted octanol–water partition coefficient (Wildman–Crippen LogP) is 3.32. The lowest BCUT2D eigenvalue weighted by Crippen LogP contribution is -2.08. The van der Waals surface area contributed by atoms with Gasteiger partial charge in [0, 0.05) is 6.42 Å². The first kappa shape index (κ1) is 14.4. The van der Waals surface area contributed by atoms with Crippen molar-refractivity contribution in [2.45, 2.75) is 71.1 Å². The van der Waals surface area contributed by atoms with Crippen molar-refractivity contribution in [2.75, 3.05) is 0 Å². The topological polar surface area (TPSA) is 52.3 Å². The van der Waals surface area contributed by atoms with Crippen LogP contribution in [-0.2, 0) is 9.63 Å². The van der Waals surface area contributed by atoms with Gasteiger partial charge >= 0.3 is 5.97 Å². The molecular formula is C12H25NO2. The SMILES string of the molecule is CCCCCCCCCCCC(=O)ON. The highest BCUT2D eigenvalue weighted by Gasteiger charge is 1.99. The number of unbranched alkanes of at least 4 members (excludes halogenated alkanes) is 8. The second-order valence-electron chi connectivity index (χ2n) is 4.07. The summed E-state index contributed by atoms with van der Waals surface area (Å²) in [6.45, 7) is 2.23. The minimum atomic E-state index is -0.294. The van der Waals surface area contributed by atoms with Crippen molar-refractivity contribution >= 4 is 5.97 Å². The molecule has 0 amide bonds. The Balaban J connectivity index is 2.95. The van der Waals surface area contributed by atoms with E-state index in [9.17, 15) is 4.79 Å². The van der Waals surface area contributed by atoms with Crippen LogP contribution in [0.2, 0.25) is 0 Å². The maximum Gasteiger partial charge on any atom is 0.324 e. The van der Waals surface area contributed by atoms with Crippen molar-refractivity contribution in [2.24, 2.45) is 5.90 Å². The number of hydrogen-bond acceptors (Lipinski definition) is 3. The van der Waals surface area contributed by atoms with E-state index in [0.29, 0.717) is 6.42 Å². The van der Waals surface area contributed by atoms with Crippen molar-refractivity contribution in [3.8, 4) is 0 Å². The third kappa shape index (κ3) is 11.4. The quantitative estimate of drug-likeness (QED) is 0.449. The molecule has 0 saturated carbocycles. The molecule has 0 aliphatic carbocycles. The minimum absolute atomic E-state index is 0.294. The Hall–Kier alpha value is -0.570. The van der Waals surface area contributed by atoms with Crippen molar-refractivity contribution in [3.63, 3.8) is 0 Å². The van der Waals surface area contributed by atoms with Crippen molar-refractivity contribution < 1.29 is 9.63 Å². The summed E-state index contributed by atoms with van der Waals surface area (Å²) in [4.78, 5) is 14.8. The molecule has 0 aromatic rings. The molecule has 0 bridgehead atoms. The summed E-state index contributed by atoms with van der Waals surface area (Å²) in [6, 6.07) is 0. The molecule has 15 heavy (non-hydrogen) atoms. The first-order chi connectivity index (χ1) is 7.31. The Morgan fingerprint density at radius 3 is 1.87 bits per heavy atom. The number of carbonyl (C=O) groups excluding carboxylic acids is 1. The third-order valence-electron chi connectivity index (χ3n) is 2.62. The third-order valence-corrected chi connectivity index (χ3v) is 2.62. The van der Waals surface area contributed by atoms with Gasteiger partial charge in [0.25, 0.3) is 0 Å². The molecule has 0 aliphatic heterocycles. The van der Waals surface area contributed by atoms with E-state index < -0.39 is 0 Å². The van der Waals surface area contributed by atoms with Crippen LogP contribution in [0.25, 0.3) is 0 Å². The monoisotopic (exact) mass is 215 g/mol. The molecule has 0 saturated heterocycles. The summed E-state index contributed by atoms with van der Waals surface area (Å²) < 4.78 is 0. The Morgan fingerprint density at radius 2 is 1.40 bits per heavy atom. The predicted molar refractivity (Wildman–Crippen MR) is 62.1 cm³/mol. The van der Waals surface area contributed by atoms with Crippen LogP contribution in [0.5, 0.6) is 0 Å². The van der Waals surface area contributed by atoms with Crippen molar-refractivity contribution in [3.05, 3.63) is 0 Å². The Morgan fingerprint density at radius 1 is 0.933 bits per heavy atom. The summed E-state index contributed by atoms with van der Waals surface area (Å²) in [5, 5.41) is 0. The molecule has 0 heterocycles.